The molecule has 0 saturated carbocycles. The maximum atomic E-state index is 12.6. The third-order valence-corrected chi connectivity index (χ3v) is 10.1. The molecule has 0 unspecified atom stereocenters. The fraction of sp³-hybridized carbons (Fsp3) is 0.0333. The van der Waals surface area contributed by atoms with Crippen LogP contribution in [0.2, 0.25) is 0 Å². The molecule has 0 spiro atoms. The number of aromatic nitrogens is 2. The Labute approximate surface area is 241 Å². The second-order valence-electron chi connectivity index (χ2n) is 9.06. The molecule has 214 valence electrons. The Kier molecular flexibility index (Phi) is 7.61. The third kappa shape index (κ3) is 4.91. The Morgan fingerprint density at radius 2 is 1.05 bits per heavy atom. The summed E-state index contributed by atoms with van der Waals surface area (Å²) in [5.74, 6) is -0.229. The van der Waals surface area contributed by atoms with E-state index < -0.39 is 20.0 Å². The monoisotopic (exact) mass is 604 g/mol. The number of aliphatic hydroxyl groups excluding tert-OH is 1. The van der Waals surface area contributed by atoms with Gasteiger partial charge in [-0.05, 0) is 60.7 Å². The zero-order valence-electron chi connectivity index (χ0n) is 21.8. The molecule has 0 amide bonds. The Morgan fingerprint density at radius 1 is 0.595 bits per heavy atom. The van der Waals surface area contributed by atoms with Crippen molar-refractivity contribution >= 4 is 48.1 Å². The van der Waals surface area contributed by atoms with Gasteiger partial charge in [0.15, 0.2) is 6.29 Å². The van der Waals surface area contributed by atoms with Crippen LogP contribution in [0.4, 0.5) is 0 Å². The molecule has 4 aromatic carbocycles. The van der Waals surface area contributed by atoms with Crippen LogP contribution in [-0.2, 0) is 26.7 Å². The largest absolute Gasteiger partial charge is 0.508 e. The van der Waals surface area contributed by atoms with Gasteiger partial charge in [-0.15, -0.1) is 0 Å². The highest BCUT2D eigenvalue weighted by atomic mass is 32.2. The number of phenols is 2. The molecule has 0 aliphatic heterocycles. The van der Waals surface area contributed by atoms with E-state index in [4.69, 9.17) is 0 Å². The van der Waals surface area contributed by atoms with Crippen molar-refractivity contribution in [3.63, 3.8) is 0 Å². The summed E-state index contributed by atoms with van der Waals surface area (Å²) in [7, 11) is -7.45. The summed E-state index contributed by atoms with van der Waals surface area (Å²) >= 11 is 0. The van der Waals surface area contributed by atoms with Crippen molar-refractivity contribution < 1.29 is 36.9 Å². The molecule has 0 fully saturated rings. The fourth-order valence-corrected chi connectivity index (χ4v) is 7.30. The first-order valence-electron chi connectivity index (χ1n) is 12.4. The third-order valence-electron chi connectivity index (χ3n) is 6.65. The van der Waals surface area contributed by atoms with E-state index in [2.05, 4.69) is 0 Å². The van der Waals surface area contributed by atoms with Gasteiger partial charge in [0.1, 0.15) is 11.5 Å². The number of aliphatic hydroxyl groups is 1. The number of phenolic OH excluding ortho intramolecular Hbond substituents is 1. The van der Waals surface area contributed by atoms with Crippen molar-refractivity contribution in [2.45, 2.75) is 16.4 Å². The Balaban J connectivity index is 0.000000168. The standard InChI is InChI=1S/C15H13NO4S.C15H11NO4S/c2*17-10-13-12-8-9-16(14(12)6-7-15(13)18)21(19,20)11-4-2-1-3-5-11/h1-9,17-18H,10H2;1-10,18H. The predicted octanol–water partition coefficient (Wildman–Crippen LogP) is 4.47. The molecule has 0 aliphatic rings. The molecular formula is C30H24N2O8S2. The van der Waals surface area contributed by atoms with Crippen LogP contribution in [0.15, 0.2) is 119 Å². The molecule has 2 aromatic heterocycles. The van der Waals surface area contributed by atoms with E-state index in [9.17, 15) is 36.9 Å². The maximum Gasteiger partial charge on any atom is 0.268 e. The summed E-state index contributed by atoms with van der Waals surface area (Å²) in [5, 5.41) is 29.6. The smallest absolute Gasteiger partial charge is 0.268 e. The summed E-state index contributed by atoms with van der Waals surface area (Å²) in [5.41, 5.74) is 1.16. The van der Waals surface area contributed by atoms with Gasteiger partial charge >= 0.3 is 0 Å². The van der Waals surface area contributed by atoms with E-state index in [0.717, 1.165) is 7.94 Å². The van der Waals surface area contributed by atoms with Gasteiger partial charge in [0.25, 0.3) is 20.0 Å². The maximum absolute atomic E-state index is 12.6. The number of hydrogen-bond acceptors (Lipinski definition) is 8. The average molecular weight is 605 g/mol. The first kappa shape index (κ1) is 28.6. The summed E-state index contributed by atoms with van der Waals surface area (Å²) < 4.78 is 52.7. The summed E-state index contributed by atoms with van der Waals surface area (Å²) in [6.07, 6.45) is 3.31. The first-order valence-corrected chi connectivity index (χ1v) is 15.3. The molecule has 0 saturated heterocycles. The number of benzene rings is 4. The van der Waals surface area contributed by atoms with Crippen LogP contribution in [0.3, 0.4) is 0 Å². The van der Waals surface area contributed by atoms with Crippen molar-refractivity contribution in [3.05, 3.63) is 121 Å². The van der Waals surface area contributed by atoms with E-state index in [1.165, 1.54) is 67.0 Å². The molecule has 0 radical (unpaired) electrons. The number of carbonyl (C=O) groups is 1. The molecule has 0 bridgehead atoms. The Hall–Kier alpha value is -4.91. The lowest BCUT2D eigenvalue weighted by Crippen LogP contribution is -2.11. The molecule has 6 aromatic rings. The Morgan fingerprint density at radius 3 is 1.52 bits per heavy atom. The lowest BCUT2D eigenvalue weighted by molar-refractivity contribution is 0.112. The normalized spacial score (nSPS) is 11.7. The highest BCUT2D eigenvalue weighted by Gasteiger charge is 2.21. The number of nitrogens with zero attached hydrogens (tertiary/aromatic N) is 2. The molecule has 2 heterocycles. The minimum Gasteiger partial charge on any atom is -0.508 e. The van der Waals surface area contributed by atoms with Crippen molar-refractivity contribution in [3.8, 4) is 11.5 Å². The second kappa shape index (κ2) is 11.2. The van der Waals surface area contributed by atoms with Gasteiger partial charge in [0.2, 0.25) is 0 Å². The molecule has 10 nitrogen and oxygen atoms in total. The first-order chi connectivity index (χ1) is 20.1. The molecule has 0 atom stereocenters. The van der Waals surface area contributed by atoms with Gasteiger partial charge in [-0.3, -0.25) is 4.79 Å². The summed E-state index contributed by atoms with van der Waals surface area (Å²) in [6, 6.07) is 24.9. The zero-order chi connectivity index (χ0) is 30.1. The highest BCUT2D eigenvalue weighted by molar-refractivity contribution is 7.90. The number of fused-ring (bicyclic) bond motifs is 2. The molecule has 3 N–H and O–H groups in total. The van der Waals surface area contributed by atoms with Crippen molar-refractivity contribution in [2.24, 2.45) is 0 Å². The van der Waals surface area contributed by atoms with Crippen molar-refractivity contribution in [2.75, 3.05) is 0 Å². The van der Waals surface area contributed by atoms with Crippen LogP contribution >= 0.6 is 0 Å². The SMILES string of the molecule is O=Cc1c(O)ccc2c1ccn2S(=O)(=O)c1ccccc1.O=S(=O)(c1ccccc1)n1ccc2c(CO)c(O)ccc21. The Bertz CT molecular complexity index is 2140. The lowest BCUT2D eigenvalue weighted by Gasteiger charge is -2.09. The average Bonchev–Trinajstić information content (AvgIpc) is 3.64. The van der Waals surface area contributed by atoms with Crippen LogP contribution in [0, 0.1) is 0 Å². The van der Waals surface area contributed by atoms with E-state index in [0.29, 0.717) is 33.7 Å². The topological polar surface area (TPSA) is 156 Å². The molecule has 42 heavy (non-hydrogen) atoms. The van der Waals surface area contributed by atoms with Crippen LogP contribution in [0.25, 0.3) is 21.8 Å². The van der Waals surface area contributed by atoms with E-state index in [-0.39, 0.29) is 33.5 Å². The van der Waals surface area contributed by atoms with Crippen LogP contribution in [-0.4, -0.2) is 46.4 Å². The van der Waals surface area contributed by atoms with Gasteiger partial charge in [-0.25, -0.2) is 24.8 Å². The van der Waals surface area contributed by atoms with Crippen LogP contribution < -0.4 is 0 Å². The molecule has 6 rings (SSSR count). The van der Waals surface area contributed by atoms with Gasteiger partial charge in [0, 0.05) is 28.7 Å². The summed E-state index contributed by atoms with van der Waals surface area (Å²) in [6.45, 7) is -0.363. The van der Waals surface area contributed by atoms with Crippen LogP contribution in [0.5, 0.6) is 11.5 Å². The van der Waals surface area contributed by atoms with E-state index in [1.54, 1.807) is 42.5 Å². The highest BCUT2D eigenvalue weighted by Crippen LogP contribution is 2.31. The zero-order valence-corrected chi connectivity index (χ0v) is 23.4. The van der Waals surface area contributed by atoms with Gasteiger partial charge in [-0.2, -0.15) is 0 Å². The minimum absolute atomic E-state index is 0.0557. The second-order valence-corrected chi connectivity index (χ2v) is 12.7. The van der Waals surface area contributed by atoms with Crippen LogP contribution in [0.1, 0.15) is 15.9 Å². The van der Waals surface area contributed by atoms with Crippen molar-refractivity contribution in [1.29, 1.82) is 0 Å². The number of hydrogen-bond donors (Lipinski definition) is 3. The van der Waals surface area contributed by atoms with Gasteiger partial charge in [-0.1, -0.05) is 36.4 Å². The van der Waals surface area contributed by atoms with E-state index in [1.807, 2.05) is 0 Å². The number of aldehydes is 1. The molecular weight excluding hydrogens is 580 g/mol. The molecule has 12 heteroatoms. The minimum atomic E-state index is -3.74. The fourth-order valence-electron chi connectivity index (χ4n) is 4.57. The predicted molar refractivity (Wildman–Crippen MR) is 157 cm³/mol. The number of carbonyl (C=O) groups excluding carboxylic acids is 1. The van der Waals surface area contributed by atoms with E-state index >= 15 is 0 Å². The van der Waals surface area contributed by atoms with Gasteiger partial charge in [0.05, 0.1) is 33.0 Å². The van der Waals surface area contributed by atoms with Gasteiger partial charge < -0.3 is 15.3 Å². The summed E-state index contributed by atoms with van der Waals surface area (Å²) in [4.78, 5) is 11.4. The number of aromatic hydroxyl groups is 2. The lowest BCUT2D eigenvalue weighted by atomic mass is 10.1. The van der Waals surface area contributed by atoms with Crippen molar-refractivity contribution in [1.82, 2.24) is 7.94 Å². The quantitative estimate of drug-likeness (QED) is 0.235. The molecule has 0 aliphatic carbocycles. The number of rotatable bonds is 6.